The molecule has 8 heteroatoms. The van der Waals surface area contributed by atoms with Crippen LogP contribution in [0.25, 0.3) is 16.9 Å². The predicted molar refractivity (Wildman–Crippen MR) is 68.4 cm³/mol. The number of nitrogens with zero attached hydrogens (tertiary/aromatic N) is 2. The summed E-state index contributed by atoms with van der Waals surface area (Å²) in [5.74, 6) is -0.407. The minimum atomic E-state index is -4.85. The van der Waals surface area contributed by atoms with Crippen molar-refractivity contribution in [2.75, 3.05) is 0 Å². The molecule has 1 aromatic carbocycles. The number of H-pyrrole nitrogens is 1. The van der Waals surface area contributed by atoms with Crippen molar-refractivity contribution in [3.05, 3.63) is 53.1 Å². The molecule has 0 spiro atoms. The molecule has 0 saturated heterocycles. The van der Waals surface area contributed by atoms with Gasteiger partial charge in [0.25, 0.3) is 5.56 Å². The largest absolute Gasteiger partial charge is 0.573 e. The number of aromatic amines is 1. The van der Waals surface area contributed by atoms with E-state index in [1.54, 1.807) is 24.5 Å². The van der Waals surface area contributed by atoms with E-state index in [1.807, 2.05) is 0 Å². The summed E-state index contributed by atoms with van der Waals surface area (Å²) in [6.45, 7) is 0. The number of ether oxygens (including phenoxy) is 1. The first-order chi connectivity index (χ1) is 9.94. The molecule has 0 bridgehead atoms. The van der Waals surface area contributed by atoms with Crippen LogP contribution in [0.4, 0.5) is 13.2 Å². The molecule has 0 aliphatic rings. The second kappa shape index (κ2) is 4.65. The number of halogens is 3. The molecule has 0 amide bonds. The number of aromatic nitrogens is 3. The van der Waals surface area contributed by atoms with Gasteiger partial charge in [-0.25, -0.2) is 4.98 Å². The van der Waals surface area contributed by atoms with Crippen LogP contribution in [-0.4, -0.2) is 20.9 Å². The highest BCUT2D eigenvalue weighted by atomic mass is 19.4. The van der Waals surface area contributed by atoms with E-state index in [9.17, 15) is 18.0 Å². The van der Waals surface area contributed by atoms with Crippen LogP contribution < -0.4 is 10.3 Å². The lowest BCUT2D eigenvalue weighted by molar-refractivity contribution is -0.274. The lowest BCUT2D eigenvalue weighted by Crippen LogP contribution is -2.19. The average Bonchev–Trinajstić information content (AvgIpc) is 2.91. The summed E-state index contributed by atoms with van der Waals surface area (Å²) in [7, 11) is 0. The molecule has 108 valence electrons. The van der Waals surface area contributed by atoms with Crippen LogP contribution in [0.15, 0.2) is 47.5 Å². The summed E-state index contributed by atoms with van der Waals surface area (Å²) in [6.07, 6.45) is -1.64. The molecule has 0 aliphatic carbocycles. The van der Waals surface area contributed by atoms with E-state index >= 15 is 0 Å². The highest BCUT2D eigenvalue weighted by Gasteiger charge is 2.32. The number of rotatable bonds is 2. The second-order valence-corrected chi connectivity index (χ2v) is 4.18. The zero-order chi connectivity index (χ0) is 15.0. The topological polar surface area (TPSA) is 59.9 Å². The third-order valence-corrected chi connectivity index (χ3v) is 2.76. The first-order valence-electron chi connectivity index (χ1n) is 5.86. The van der Waals surface area contributed by atoms with Crippen molar-refractivity contribution in [3.63, 3.8) is 0 Å². The van der Waals surface area contributed by atoms with Gasteiger partial charge in [0.15, 0.2) is 5.75 Å². The van der Waals surface area contributed by atoms with Crippen LogP contribution >= 0.6 is 0 Å². The zero-order valence-corrected chi connectivity index (χ0v) is 10.4. The van der Waals surface area contributed by atoms with E-state index in [4.69, 9.17) is 0 Å². The average molecular weight is 295 g/mol. The van der Waals surface area contributed by atoms with Gasteiger partial charge in [-0.1, -0.05) is 6.07 Å². The minimum absolute atomic E-state index is 0.0210. The molecule has 0 fully saturated rings. The molecule has 3 rings (SSSR count). The van der Waals surface area contributed by atoms with E-state index in [0.29, 0.717) is 0 Å². The Morgan fingerprint density at radius 1 is 1.14 bits per heavy atom. The Bertz CT molecular complexity index is 838. The van der Waals surface area contributed by atoms with Crippen molar-refractivity contribution < 1.29 is 17.9 Å². The molecule has 2 aromatic heterocycles. The van der Waals surface area contributed by atoms with Crippen molar-refractivity contribution in [1.82, 2.24) is 14.5 Å². The van der Waals surface area contributed by atoms with Crippen molar-refractivity contribution in [3.8, 4) is 11.7 Å². The van der Waals surface area contributed by atoms with Gasteiger partial charge >= 0.3 is 6.36 Å². The Labute approximate surface area is 115 Å². The molecule has 0 saturated carbocycles. The Morgan fingerprint density at radius 2 is 1.86 bits per heavy atom. The third kappa shape index (κ3) is 2.60. The Balaban J connectivity index is 2.24. The predicted octanol–water partition coefficient (Wildman–Crippen LogP) is 2.61. The van der Waals surface area contributed by atoms with Gasteiger partial charge in [0, 0.05) is 12.4 Å². The standard InChI is InChI=1S/C13H8F3N3O2/c14-13(15,16)21-9-5-3-4-8-10(9)17-12(18-11(8)20)19-6-1-2-7-19/h1-7H,(H,17,18,20). The van der Waals surface area contributed by atoms with Gasteiger partial charge in [-0.2, -0.15) is 0 Å². The number of alkyl halides is 3. The SMILES string of the molecule is O=c1[nH]c(-n2cccc2)nc2c(OC(F)(F)F)cccc12. The van der Waals surface area contributed by atoms with Gasteiger partial charge in [0.2, 0.25) is 5.95 Å². The smallest absolute Gasteiger partial charge is 0.403 e. The summed E-state index contributed by atoms with van der Waals surface area (Å²) in [5, 5.41) is 0.0210. The second-order valence-electron chi connectivity index (χ2n) is 4.18. The summed E-state index contributed by atoms with van der Waals surface area (Å²) in [6, 6.07) is 7.19. The summed E-state index contributed by atoms with van der Waals surface area (Å²) in [4.78, 5) is 18.5. The maximum atomic E-state index is 12.4. The fraction of sp³-hybridized carbons (Fsp3) is 0.0769. The highest BCUT2D eigenvalue weighted by Crippen LogP contribution is 2.28. The highest BCUT2D eigenvalue weighted by molar-refractivity contribution is 5.84. The van der Waals surface area contributed by atoms with Crippen LogP contribution in [-0.2, 0) is 0 Å². The van der Waals surface area contributed by atoms with Gasteiger partial charge in [0.05, 0.1) is 5.39 Å². The van der Waals surface area contributed by atoms with E-state index in [-0.39, 0.29) is 16.9 Å². The maximum Gasteiger partial charge on any atom is 0.573 e. The van der Waals surface area contributed by atoms with Crippen LogP contribution in [0.5, 0.6) is 5.75 Å². The molecule has 0 unspecified atom stereocenters. The van der Waals surface area contributed by atoms with Crippen LogP contribution in [0.3, 0.4) is 0 Å². The van der Waals surface area contributed by atoms with E-state index < -0.39 is 17.7 Å². The van der Waals surface area contributed by atoms with Gasteiger partial charge in [-0.3, -0.25) is 14.3 Å². The number of para-hydroxylation sites is 1. The van der Waals surface area contributed by atoms with Gasteiger partial charge < -0.3 is 4.74 Å². The van der Waals surface area contributed by atoms with Crippen LogP contribution in [0, 0.1) is 0 Å². The van der Waals surface area contributed by atoms with Gasteiger partial charge in [-0.05, 0) is 24.3 Å². The molecular formula is C13H8F3N3O2. The molecule has 3 aromatic rings. The Morgan fingerprint density at radius 3 is 2.52 bits per heavy atom. The quantitative estimate of drug-likeness (QED) is 0.790. The molecule has 0 aliphatic heterocycles. The minimum Gasteiger partial charge on any atom is -0.403 e. The summed E-state index contributed by atoms with van der Waals surface area (Å²) < 4.78 is 42.6. The third-order valence-electron chi connectivity index (χ3n) is 2.76. The molecule has 5 nitrogen and oxygen atoms in total. The molecule has 0 atom stereocenters. The number of nitrogens with one attached hydrogen (secondary N) is 1. The van der Waals surface area contributed by atoms with Crippen molar-refractivity contribution >= 4 is 10.9 Å². The zero-order valence-electron chi connectivity index (χ0n) is 10.4. The Hall–Kier alpha value is -2.77. The fourth-order valence-electron chi connectivity index (χ4n) is 1.93. The molecular weight excluding hydrogens is 287 g/mol. The summed E-state index contributed by atoms with van der Waals surface area (Å²) in [5.41, 5.74) is -0.696. The molecule has 2 heterocycles. The number of hydrogen-bond acceptors (Lipinski definition) is 3. The molecule has 0 radical (unpaired) electrons. The fourth-order valence-corrected chi connectivity index (χ4v) is 1.93. The van der Waals surface area contributed by atoms with Gasteiger partial charge in [0.1, 0.15) is 5.52 Å². The Kier molecular flexibility index (Phi) is 2.93. The first-order valence-corrected chi connectivity index (χ1v) is 5.86. The monoisotopic (exact) mass is 295 g/mol. The summed E-state index contributed by atoms with van der Waals surface area (Å²) >= 11 is 0. The maximum absolute atomic E-state index is 12.4. The lowest BCUT2D eigenvalue weighted by atomic mass is 10.2. The van der Waals surface area contributed by atoms with Crippen LogP contribution in [0.1, 0.15) is 0 Å². The van der Waals surface area contributed by atoms with Crippen LogP contribution in [0.2, 0.25) is 0 Å². The number of benzene rings is 1. The lowest BCUT2D eigenvalue weighted by Gasteiger charge is -2.11. The normalized spacial score (nSPS) is 11.8. The van der Waals surface area contributed by atoms with Crippen molar-refractivity contribution in [2.45, 2.75) is 6.36 Å². The van der Waals surface area contributed by atoms with E-state index in [0.717, 1.165) is 6.07 Å². The first kappa shape index (κ1) is 13.2. The van der Waals surface area contributed by atoms with Gasteiger partial charge in [-0.15, -0.1) is 13.2 Å². The molecule has 21 heavy (non-hydrogen) atoms. The number of fused-ring (bicyclic) bond motifs is 1. The number of hydrogen-bond donors (Lipinski definition) is 1. The molecule has 1 N–H and O–H groups in total. The van der Waals surface area contributed by atoms with E-state index in [2.05, 4.69) is 14.7 Å². The van der Waals surface area contributed by atoms with Crippen molar-refractivity contribution in [1.29, 1.82) is 0 Å². The van der Waals surface area contributed by atoms with E-state index in [1.165, 1.54) is 16.7 Å². The van der Waals surface area contributed by atoms with Crippen molar-refractivity contribution in [2.24, 2.45) is 0 Å².